The first kappa shape index (κ1) is 16.0. The lowest BCUT2D eigenvalue weighted by Gasteiger charge is -2.34. The molecule has 114 valence electrons. The van der Waals surface area contributed by atoms with E-state index in [-0.39, 0.29) is 11.8 Å². The molecule has 0 aromatic heterocycles. The third-order valence-corrected chi connectivity index (χ3v) is 4.37. The number of hydrogen-bond acceptors (Lipinski definition) is 2. The summed E-state index contributed by atoms with van der Waals surface area (Å²) in [6.45, 7) is 3.02. The highest BCUT2D eigenvalue weighted by Gasteiger charge is 2.31. The Morgan fingerprint density at radius 3 is 2.81 bits per heavy atom. The molecule has 0 radical (unpaired) electrons. The normalized spacial score (nSPS) is 22.1. The van der Waals surface area contributed by atoms with E-state index in [4.69, 9.17) is 5.11 Å². The first-order valence-corrected chi connectivity index (χ1v) is 8.00. The van der Waals surface area contributed by atoms with Gasteiger partial charge in [0, 0.05) is 24.0 Å². The van der Waals surface area contributed by atoms with E-state index in [2.05, 4.69) is 15.9 Å². The maximum Gasteiger partial charge on any atom is 0.308 e. The maximum absolute atomic E-state index is 12.3. The van der Waals surface area contributed by atoms with Crippen LogP contribution < -0.4 is 0 Å². The zero-order valence-corrected chi connectivity index (χ0v) is 13.7. The Hall–Kier alpha value is -1.36. The molecule has 2 rings (SSSR count). The molecule has 4 nitrogen and oxygen atoms in total. The molecule has 2 atom stereocenters. The summed E-state index contributed by atoms with van der Waals surface area (Å²) in [5, 5.41) is 9.15. The van der Waals surface area contributed by atoms with Crippen molar-refractivity contribution < 1.29 is 14.7 Å². The van der Waals surface area contributed by atoms with Crippen LogP contribution in [0.5, 0.6) is 0 Å². The SMILES string of the molecule is CC1CC(C(=O)O)CN(C(=O)CCc2cccc(Br)c2)C1. The second-order valence-corrected chi connectivity index (χ2v) is 6.72. The van der Waals surface area contributed by atoms with Crippen LogP contribution in [0, 0.1) is 11.8 Å². The van der Waals surface area contributed by atoms with Gasteiger partial charge >= 0.3 is 5.97 Å². The standard InChI is InChI=1S/C16H20BrNO3/c1-11-7-13(16(20)21)10-18(9-11)15(19)6-5-12-3-2-4-14(17)8-12/h2-4,8,11,13H,5-7,9-10H2,1H3,(H,20,21). The van der Waals surface area contributed by atoms with Crippen LogP contribution in [0.3, 0.4) is 0 Å². The van der Waals surface area contributed by atoms with E-state index in [1.807, 2.05) is 31.2 Å². The van der Waals surface area contributed by atoms with Crippen LogP contribution in [-0.2, 0) is 16.0 Å². The van der Waals surface area contributed by atoms with Gasteiger partial charge in [-0.25, -0.2) is 0 Å². The molecule has 0 saturated carbocycles. The van der Waals surface area contributed by atoms with Gasteiger partial charge in [-0.2, -0.15) is 0 Å². The molecular formula is C16H20BrNO3. The van der Waals surface area contributed by atoms with Gasteiger partial charge in [-0.1, -0.05) is 35.0 Å². The molecule has 1 saturated heterocycles. The lowest BCUT2D eigenvalue weighted by Crippen LogP contribution is -2.45. The Balaban J connectivity index is 1.92. The van der Waals surface area contributed by atoms with Gasteiger partial charge in [0.05, 0.1) is 5.92 Å². The van der Waals surface area contributed by atoms with Crippen molar-refractivity contribution in [3.8, 4) is 0 Å². The number of amides is 1. The zero-order valence-electron chi connectivity index (χ0n) is 12.1. The number of aryl methyl sites for hydroxylation is 1. The number of carboxylic acid groups (broad SMARTS) is 1. The zero-order chi connectivity index (χ0) is 15.4. The number of carbonyl (C=O) groups is 2. The molecule has 1 N–H and O–H groups in total. The van der Waals surface area contributed by atoms with Gasteiger partial charge in [-0.15, -0.1) is 0 Å². The second kappa shape index (κ2) is 7.07. The molecule has 0 bridgehead atoms. The minimum absolute atomic E-state index is 0.0489. The predicted molar refractivity (Wildman–Crippen MR) is 83.9 cm³/mol. The Bertz CT molecular complexity index is 532. The average Bonchev–Trinajstić information content (AvgIpc) is 2.44. The molecule has 1 fully saturated rings. The summed E-state index contributed by atoms with van der Waals surface area (Å²) in [4.78, 5) is 25.1. The number of benzene rings is 1. The third kappa shape index (κ3) is 4.56. The summed E-state index contributed by atoms with van der Waals surface area (Å²) >= 11 is 3.42. The van der Waals surface area contributed by atoms with Gasteiger partial charge in [-0.3, -0.25) is 9.59 Å². The minimum Gasteiger partial charge on any atom is -0.481 e. The highest BCUT2D eigenvalue weighted by Crippen LogP contribution is 2.23. The van der Waals surface area contributed by atoms with Crippen LogP contribution in [0.15, 0.2) is 28.7 Å². The molecule has 21 heavy (non-hydrogen) atoms. The number of carboxylic acids is 1. The van der Waals surface area contributed by atoms with Gasteiger partial charge in [0.2, 0.25) is 5.91 Å². The Morgan fingerprint density at radius 1 is 1.38 bits per heavy atom. The number of aliphatic carboxylic acids is 1. The number of hydrogen-bond donors (Lipinski definition) is 1. The third-order valence-electron chi connectivity index (χ3n) is 3.88. The summed E-state index contributed by atoms with van der Waals surface area (Å²) < 4.78 is 1.00. The van der Waals surface area contributed by atoms with Crippen LogP contribution in [0.25, 0.3) is 0 Å². The average molecular weight is 354 g/mol. The summed E-state index contributed by atoms with van der Waals surface area (Å²) in [6.07, 6.45) is 1.77. The molecule has 0 spiro atoms. The lowest BCUT2D eigenvalue weighted by atomic mass is 9.90. The van der Waals surface area contributed by atoms with E-state index >= 15 is 0 Å². The highest BCUT2D eigenvalue weighted by atomic mass is 79.9. The van der Waals surface area contributed by atoms with E-state index in [0.29, 0.717) is 32.4 Å². The van der Waals surface area contributed by atoms with Crippen LogP contribution in [0.4, 0.5) is 0 Å². The fourth-order valence-corrected chi connectivity index (χ4v) is 3.28. The lowest BCUT2D eigenvalue weighted by molar-refractivity contribution is -0.146. The van der Waals surface area contributed by atoms with Gasteiger partial charge < -0.3 is 10.0 Å². The highest BCUT2D eigenvalue weighted by molar-refractivity contribution is 9.10. The molecule has 2 unspecified atom stereocenters. The van der Waals surface area contributed by atoms with Crippen molar-refractivity contribution in [2.24, 2.45) is 11.8 Å². The number of halogens is 1. The van der Waals surface area contributed by atoms with Crippen LogP contribution >= 0.6 is 15.9 Å². The van der Waals surface area contributed by atoms with Crippen molar-refractivity contribution in [1.29, 1.82) is 0 Å². The molecule has 1 aliphatic heterocycles. The topological polar surface area (TPSA) is 57.6 Å². The molecule has 1 amide bonds. The van der Waals surface area contributed by atoms with Crippen LogP contribution in [-0.4, -0.2) is 35.0 Å². The van der Waals surface area contributed by atoms with Crippen LogP contribution in [0.2, 0.25) is 0 Å². The van der Waals surface area contributed by atoms with E-state index in [0.717, 1.165) is 10.0 Å². The molecule has 1 heterocycles. The quantitative estimate of drug-likeness (QED) is 0.905. The number of likely N-dealkylation sites (tertiary alicyclic amines) is 1. The number of piperidine rings is 1. The molecule has 1 aromatic carbocycles. The van der Waals surface area contributed by atoms with Gasteiger partial charge in [-0.05, 0) is 36.5 Å². The van der Waals surface area contributed by atoms with Crippen molar-refractivity contribution in [3.63, 3.8) is 0 Å². The Kier molecular flexibility index (Phi) is 5.39. The van der Waals surface area contributed by atoms with Gasteiger partial charge in [0.1, 0.15) is 0 Å². The summed E-state index contributed by atoms with van der Waals surface area (Å²) in [7, 11) is 0. The van der Waals surface area contributed by atoms with E-state index in [1.165, 1.54) is 0 Å². The fourth-order valence-electron chi connectivity index (χ4n) is 2.84. The first-order valence-electron chi connectivity index (χ1n) is 7.20. The molecule has 5 heteroatoms. The monoisotopic (exact) mass is 353 g/mol. The van der Waals surface area contributed by atoms with Crippen molar-refractivity contribution in [2.45, 2.75) is 26.2 Å². The number of nitrogens with zero attached hydrogens (tertiary/aromatic N) is 1. The largest absolute Gasteiger partial charge is 0.481 e. The smallest absolute Gasteiger partial charge is 0.308 e. The Morgan fingerprint density at radius 2 is 2.14 bits per heavy atom. The molecule has 1 aromatic rings. The van der Waals surface area contributed by atoms with Crippen molar-refractivity contribution in [3.05, 3.63) is 34.3 Å². The maximum atomic E-state index is 12.3. The van der Waals surface area contributed by atoms with E-state index in [9.17, 15) is 9.59 Å². The van der Waals surface area contributed by atoms with Gasteiger partial charge in [0.25, 0.3) is 0 Å². The first-order chi connectivity index (χ1) is 9.95. The summed E-state index contributed by atoms with van der Waals surface area (Å²) in [6, 6.07) is 7.91. The Labute approximate surface area is 133 Å². The van der Waals surface area contributed by atoms with Crippen molar-refractivity contribution >= 4 is 27.8 Å². The number of rotatable bonds is 4. The second-order valence-electron chi connectivity index (χ2n) is 5.80. The van der Waals surface area contributed by atoms with Crippen molar-refractivity contribution in [1.82, 2.24) is 4.90 Å². The fraction of sp³-hybridized carbons (Fsp3) is 0.500. The number of carbonyl (C=O) groups excluding carboxylic acids is 1. The molecule has 1 aliphatic rings. The summed E-state index contributed by atoms with van der Waals surface area (Å²) in [5.74, 6) is -0.933. The van der Waals surface area contributed by atoms with Crippen molar-refractivity contribution in [2.75, 3.05) is 13.1 Å². The van der Waals surface area contributed by atoms with Crippen LogP contribution in [0.1, 0.15) is 25.3 Å². The minimum atomic E-state index is -0.800. The van der Waals surface area contributed by atoms with E-state index < -0.39 is 11.9 Å². The van der Waals surface area contributed by atoms with Gasteiger partial charge in [0.15, 0.2) is 0 Å². The summed E-state index contributed by atoms with van der Waals surface area (Å²) in [5.41, 5.74) is 1.11. The predicted octanol–water partition coefficient (Wildman–Crippen LogP) is 2.95. The van der Waals surface area contributed by atoms with E-state index in [1.54, 1.807) is 4.90 Å². The molecule has 0 aliphatic carbocycles. The molecular weight excluding hydrogens is 334 g/mol.